The van der Waals surface area contributed by atoms with Crippen LogP contribution in [0.5, 0.6) is 28.7 Å². The van der Waals surface area contributed by atoms with Gasteiger partial charge in [0.15, 0.2) is 23.6 Å². The molecule has 2 fully saturated rings. The number of carbonyl (C=O) groups excluding carboxylic acids is 1. The molecule has 11 atom stereocenters. The molecule has 0 radical (unpaired) electrons. The summed E-state index contributed by atoms with van der Waals surface area (Å²) < 4.78 is 33.1. The molecule has 0 amide bonds. The number of methoxy groups -OCH3 is 1. The second-order valence-corrected chi connectivity index (χ2v) is 10.6. The van der Waals surface area contributed by atoms with Crippen LogP contribution in [0.25, 0.3) is 0 Å². The number of hydrogen-bond donors (Lipinski definition) is 8. The Kier molecular flexibility index (Phi) is 8.99. The molecule has 0 aliphatic carbocycles. The molecule has 2 aromatic carbocycles. The number of aliphatic hydroxyl groups excluding tert-OH is 6. The van der Waals surface area contributed by atoms with Crippen molar-refractivity contribution in [3.8, 4) is 28.7 Å². The summed E-state index contributed by atoms with van der Waals surface area (Å²) >= 11 is 0. The van der Waals surface area contributed by atoms with Crippen LogP contribution >= 0.6 is 0 Å². The number of benzene rings is 2. The molecular formula is C28H34O15. The van der Waals surface area contributed by atoms with Crippen molar-refractivity contribution in [2.24, 2.45) is 0 Å². The summed E-state index contributed by atoms with van der Waals surface area (Å²) in [6.07, 6.45) is -15.9. The van der Waals surface area contributed by atoms with Crippen LogP contribution in [0.3, 0.4) is 0 Å². The minimum atomic E-state index is -1.77. The molecule has 0 spiro atoms. The molecule has 15 heteroatoms. The van der Waals surface area contributed by atoms with Crippen LogP contribution in [0.1, 0.15) is 35.4 Å². The number of phenols is 2. The maximum Gasteiger partial charge on any atom is 0.229 e. The molecule has 0 aromatic heterocycles. The Balaban J connectivity index is 1.30. The van der Waals surface area contributed by atoms with Crippen LogP contribution in [0.2, 0.25) is 0 Å². The fourth-order valence-electron chi connectivity index (χ4n) is 5.20. The number of phenolic OH excluding ortho intramolecular Hbond substituents is 2. The van der Waals surface area contributed by atoms with E-state index in [0.717, 1.165) is 6.07 Å². The summed E-state index contributed by atoms with van der Waals surface area (Å²) in [7, 11) is 1.39. The van der Waals surface area contributed by atoms with Gasteiger partial charge in [0.1, 0.15) is 71.6 Å². The monoisotopic (exact) mass is 610 g/mol. The number of ether oxygens (including phenoxy) is 6. The van der Waals surface area contributed by atoms with E-state index in [0.29, 0.717) is 5.56 Å². The van der Waals surface area contributed by atoms with Crippen LogP contribution in [0.15, 0.2) is 30.3 Å². The van der Waals surface area contributed by atoms with E-state index >= 15 is 0 Å². The summed E-state index contributed by atoms with van der Waals surface area (Å²) in [6.45, 7) is 0.964. The predicted octanol–water partition coefficient (Wildman–Crippen LogP) is -1.16. The Hall–Kier alpha value is -3.25. The molecule has 3 heterocycles. The fraction of sp³-hybridized carbons (Fsp3) is 0.536. The maximum atomic E-state index is 12.9. The lowest BCUT2D eigenvalue weighted by atomic mass is 9.95. The number of aliphatic hydroxyl groups is 6. The quantitative estimate of drug-likeness (QED) is 0.185. The third kappa shape index (κ3) is 6.08. The highest BCUT2D eigenvalue weighted by molar-refractivity contribution is 6.02. The summed E-state index contributed by atoms with van der Waals surface area (Å²) in [6, 6.07) is 6.90. The Bertz CT molecular complexity index is 1320. The smallest absolute Gasteiger partial charge is 0.229 e. The standard InChI is InChI=1S/C28H34O15/c1-10-21(32)23(34)25(36)27(40-10)39-9-19-22(33)24(35)26(37)28(43-19)41-12-6-14(30)20-15(31)8-17(42-18(20)7-12)11-3-4-16(38-2)13(29)5-11/h3-7,10,17,19,21-30,32-37H,8-9H2,1-2H3/t10-,17+,19-,21-,22+,23+,24+,25+,26+,27-,28-/m1/s1. The molecule has 5 rings (SSSR count). The third-order valence-electron chi connectivity index (χ3n) is 7.70. The zero-order chi connectivity index (χ0) is 31.2. The van der Waals surface area contributed by atoms with Gasteiger partial charge in [-0.15, -0.1) is 0 Å². The van der Waals surface area contributed by atoms with Crippen LogP contribution in [0.4, 0.5) is 0 Å². The van der Waals surface area contributed by atoms with E-state index in [1.807, 2.05) is 0 Å². The highest BCUT2D eigenvalue weighted by Gasteiger charge is 2.47. The molecular weight excluding hydrogens is 576 g/mol. The van der Waals surface area contributed by atoms with Crippen molar-refractivity contribution in [3.05, 3.63) is 41.5 Å². The van der Waals surface area contributed by atoms with Crippen molar-refractivity contribution in [1.82, 2.24) is 0 Å². The van der Waals surface area contributed by atoms with Gasteiger partial charge >= 0.3 is 0 Å². The molecule has 15 nitrogen and oxygen atoms in total. The number of Topliss-reactive ketones (excluding diaryl/α,β-unsaturated/α-hetero) is 1. The normalized spacial score (nSPS) is 36.0. The van der Waals surface area contributed by atoms with Crippen LogP contribution in [0, 0.1) is 0 Å². The first-order chi connectivity index (χ1) is 20.4. The lowest BCUT2D eigenvalue weighted by Crippen LogP contribution is -2.61. The number of rotatable bonds is 7. The first kappa shape index (κ1) is 31.2. The Morgan fingerprint density at radius 2 is 1.53 bits per heavy atom. The van der Waals surface area contributed by atoms with Gasteiger partial charge in [-0.05, 0) is 24.6 Å². The van der Waals surface area contributed by atoms with E-state index < -0.39 is 85.7 Å². The molecule has 8 N–H and O–H groups in total. The first-order valence-electron chi connectivity index (χ1n) is 13.5. The minimum absolute atomic E-state index is 0.0457. The van der Waals surface area contributed by atoms with Crippen molar-refractivity contribution < 1.29 is 74.1 Å². The molecule has 0 saturated carbocycles. The topological polar surface area (TPSA) is 234 Å². The van der Waals surface area contributed by atoms with Crippen molar-refractivity contribution >= 4 is 5.78 Å². The maximum absolute atomic E-state index is 12.9. The van der Waals surface area contributed by atoms with Crippen molar-refractivity contribution in [2.75, 3.05) is 13.7 Å². The summed E-state index contributed by atoms with van der Waals surface area (Å²) in [5.74, 6) is -0.999. The molecule has 43 heavy (non-hydrogen) atoms. The summed E-state index contributed by atoms with van der Waals surface area (Å²) in [5, 5.41) is 82.2. The van der Waals surface area contributed by atoms with E-state index in [2.05, 4.69) is 0 Å². The lowest BCUT2D eigenvalue weighted by molar-refractivity contribution is -0.318. The van der Waals surface area contributed by atoms with Gasteiger partial charge < -0.3 is 69.3 Å². The average molecular weight is 611 g/mol. The largest absolute Gasteiger partial charge is 0.507 e. The SMILES string of the molecule is COc1ccc([C@@H]2CC(=O)c3c(O)cc(O[C@@H]4O[C@H](CO[C@@H]5O[C@H](C)[C@@H](O)[C@H](O)[C@@H]5O)[C@H](O)[C@H](O)[C@@H]4O)cc3O2)cc1O. The van der Waals surface area contributed by atoms with Gasteiger partial charge in [0.05, 0.1) is 26.2 Å². The number of aromatic hydroxyl groups is 2. The molecule has 2 aromatic rings. The molecule has 236 valence electrons. The van der Waals surface area contributed by atoms with Gasteiger partial charge in [-0.3, -0.25) is 4.79 Å². The van der Waals surface area contributed by atoms with E-state index in [4.69, 9.17) is 28.4 Å². The van der Waals surface area contributed by atoms with Gasteiger partial charge in [-0.25, -0.2) is 0 Å². The third-order valence-corrected chi connectivity index (χ3v) is 7.70. The Labute approximate surface area is 245 Å². The van der Waals surface area contributed by atoms with Gasteiger partial charge in [-0.2, -0.15) is 0 Å². The van der Waals surface area contributed by atoms with Crippen molar-refractivity contribution in [2.45, 2.75) is 80.9 Å². The van der Waals surface area contributed by atoms with E-state index in [1.54, 1.807) is 6.07 Å². The van der Waals surface area contributed by atoms with Crippen LogP contribution in [-0.4, -0.2) is 122 Å². The molecule has 2 saturated heterocycles. The van der Waals surface area contributed by atoms with Gasteiger partial charge in [-0.1, -0.05) is 6.07 Å². The summed E-state index contributed by atoms with van der Waals surface area (Å²) in [4.78, 5) is 12.9. The lowest BCUT2D eigenvalue weighted by Gasteiger charge is -2.42. The molecule has 3 aliphatic heterocycles. The first-order valence-corrected chi connectivity index (χ1v) is 13.5. The van der Waals surface area contributed by atoms with E-state index in [-0.39, 0.29) is 35.0 Å². The Morgan fingerprint density at radius 3 is 2.23 bits per heavy atom. The van der Waals surface area contributed by atoms with E-state index in [9.17, 15) is 45.6 Å². The minimum Gasteiger partial charge on any atom is -0.507 e. The van der Waals surface area contributed by atoms with Gasteiger partial charge in [0, 0.05) is 12.1 Å². The highest BCUT2D eigenvalue weighted by atomic mass is 16.7. The molecule has 0 unspecified atom stereocenters. The zero-order valence-corrected chi connectivity index (χ0v) is 23.1. The van der Waals surface area contributed by atoms with E-state index in [1.165, 1.54) is 32.2 Å². The van der Waals surface area contributed by atoms with Crippen LogP contribution in [-0.2, 0) is 14.2 Å². The van der Waals surface area contributed by atoms with Gasteiger partial charge in [0.25, 0.3) is 0 Å². The second-order valence-electron chi connectivity index (χ2n) is 10.6. The molecule has 0 bridgehead atoms. The molecule has 3 aliphatic rings. The summed E-state index contributed by atoms with van der Waals surface area (Å²) in [5.41, 5.74) is 0.373. The number of ketones is 1. The number of hydrogen-bond acceptors (Lipinski definition) is 15. The van der Waals surface area contributed by atoms with Crippen molar-refractivity contribution in [1.29, 1.82) is 0 Å². The highest BCUT2D eigenvalue weighted by Crippen LogP contribution is 2.43. The van der Waals surface area contributed by atoms with Crippen molar-refractivity contribution in [3.63, 3.8) is 0 Å². The fourth-order valence-corrected chi connectivity index (χ4v) is 5.20. The second kappa shape index (κ2) is 12.4. The van der Waals surface area contributed by atoms with Crippen LogP contribution < -0.4 is 14.2 Å². The number of fused-ring (bicyclic) bond motifs is 1. The predicted molar refractivity (Wildman–Crippen MR) is 141 cm³/mol. The Morgan fingerprint density at radius 1 is 0.837 bits per heavy atom. The average Bonchev–Trinajstić information content (AvgIpc) is 2.97. The zero-order valence-electron chi connectivity index (χ0n) is 23.1. The number of carbonyl (C=O) groups is 1. The van der Waals surface area contributed by atoms with Gasteiger partial charge in [0.2, 0.25) is 6.29 Å².